The van der Waals surface area contributed by atoms with Crippen molar-refractivity contribution in [1.29, 1.82) is 0 Å². The molecule has 15 heavy (non-hydrogen) atoms. The first-order valence-electron chi connectivity index (χ1n) is 4.84. The minimum Gasteiger partial charge on any atom is -0.496 e. The standard InChI is InChI=1S/C11H16ClNO2/c1-15-11-5-3-2-4-9(11)7-13-8-10(14)6-12/h2-5,10,13-14H,6-8H2,1H3. The number of aliphatic hydroxyl groups is 1. The van der Waals surface area contributed by atoms with Crippen molar-refractivity contribution in [2.75, 3.05) is 19.5 Å². The molecule has 0 bridgehead atoms. The Labute approximate surface area is 95.0 Å². The summed E-state index contributed by atoms with van der Waals surface area (Å²) in [7, 11) is 1.65. The van der Waals surface area contributed by atoms with Gasteiger partial charge in [0.25, 0.3) is 0 Å². The second-order valence-corrected chi connectivity index (χ2v) is 3.56. The molecule has 0 aromatic heterocycles. The number of benzene rings is 1. The number of hydrogen-bond acceptors (Lipinski definition) is 3. The topological polar surface area (TPSA) is 41.5 Å². The third-order valence-electron chi connectivity index (χ3n) is 2.07. The second kappa shape index (κ2) is 6.67. The Morgan fingerprint density at radius 1 is 1.47 bits per heavy atom. The Morgan fingerprint density at radius 2 is 2.20 bits per heavy atom. The van der Waals surface area contributed by atoms with Gasteiger partial charge in [0, 0.05) is 24.5 Å². The molecule has 2 N–H and O–H groups in total. The van der Waals surface area contributed by atoms with Gasteiger partial charge in [-0.2, -0.15) is 0 Å². The van der Waals surface area contributed by atoms with Crippen LogP contribution in [0.3, 0.4) is 0 Å². The summed E-state index contributed by atoms with van der Waals surface area (Å²) in [6.45, 7) is 1.15. The van der Waals surface area contributed by atoms with Crippen molar-refractivity contribution in [3.05, 3.63) is 29.8 Å². The molecule has 0 aliphatic rings. The number of halogens is 1. The van der Waals surface area contributed by atoms with Gasteiger partial charge < -0.3 is 15.2 Å². The Hall–Kier alpha value is -0.770. The average molecular weight is 230 g/mol. The van der Waals surface area contributed by atoms with Crippen LogP contribution in [0, 0.1) is 0 Å². The molecule has 0 amide bonds. The van der Waals surface area contributed by atoms with Crippen molar-refractivity contribution in [1.82, 2.24) is 5.32 Å². The maximum Gasteiger partial charge on any atom is 0.123 e. The van der Waals surface area contributed by atoms with Crippen molar-refractivity contribution >= 4 is 11.6 Å². The zero-order valence-corrected chi connectivity index (χ0v) is 9.50. The fraction of sp³-hybridized carbons (Fsp3) is 0.455. The fourth-order valence-electron chi connectivity index (χ4n) is 1.28. The third kappa shape index (κ3) is 4.08. The van der Waals surface area contributed by atoms with E-state index in [9.17, 15) is 5.11 Å². The highest BCUT2D eigenvalue weighted by Crippen LogP contribution is 2.16. The quantitative estimate of drug-likeness (QED) is 0.725. The van der Waals surface area contributed by atoms with Gasteiger partial charge in [0.15, 0.2) is 0 Å². The van der Waals surface area contributed by atoms with Crippen molar-refractivity contribution < 1.29 is 9.84 Å². The first-order valence-corrected chi connectivity index (χ1v) is 5.38. The highest BCUT2D eigenvalue weighted by atomic mass is 35.5. The summed E-state index contributed by atoms with van der Waals surface area (Å²) < 4.78 is 5.20. The van der Waals surface area contributed by atoms with E-state index < -0.39 is 6.10 Å². The smallest absolute Gasteiger partial charge is 0.123 e. The van der Waals surface area contributed by atoms with Gasteiger partial charge in [-0.05, 0) is 6.07 Å². The van der Waals surface area contributed by atoms with Gasteiger partial charge in [0.05, 0.1) is 13.2 Å². The van der Waals surface area contributed by atoms with Crippen LogP contribution in [0.15, 0.2) is 24.3 Å². The molecule has 1 rings (SSSR count). The van der Waals surface area contributed by atoms with Gasteiger partial charge in [0.2, 0.25) is 0 Å². The lowest BCUT2D eigenvalue weighted by Gasteiger charge is -2.11. The van der Waals surface area contributed by atoms with Crippen LogP contribution < -0.4 is 10.1 Å². The molecular weight excluding hydrogens is 214 g/mol. The lowest BCUT2D eigenvalue weighted by molar-refractivity contribution is 0.194. The van der Waals surface area contributed by atoms with Crippen molar-refractivity contribution in [2.24, 2.45) is 0 Å². The minimum absolute atomic E-state index is 0.249. The normalized spacial score (nSPS) is 12.5. The van der Waals surface area contributed by atoms with E-state index >= 15 is 0 Å². The van der Waals surface area contributed by atoms with E-state index in [-0.39, 0.29) is 5.88 Å². The summed E-state index contributed by atoms with van der Waals surface area (Å²) in [5.74, 6) is 1.10. The number of alkyl halides is 1. The van der Waals surface area contributed by atoms with Crippen molar-refractivity contribution in [3.8, 4) is 5.75 Å². The van der Waals surface area contributed by atoms with Gasteiger partial charge in [0.1, 0.15) is 5.75 Å². The first-order chi connectivity index (χ1) is 7.27. The van der Waals surface area contributed by atoms with E-state index in [1.54, 1.807) is 7.11 Å². The van der Waals surface area contributed by atoms with Crippen LogP contribution in [-0.2, 0) is 6.54 Å². The molecule has 0 heterocycles. The van der Waals surface area contributed by atoms with E-state index in [4.69, 9.17) is 16.3 Å². The largest absolute Gasteiger partial charge is 0.496 e. The molecule has 0 radical (unpaired) electrons. The summed E-state index contributed by atoms with van der Waals surface area (Å²) in [5, 5.41) is 12.3. The summed E-state index contributed by atoms with van der Waals surface area (Å²) in [5.41, 5.74) is 1.07. The van der Waals surface area contributed by atoms with Crippen LogP contribution in [0.4, 0.5) is 0 Å². The molecule has 0 aliphatic heterocycles. The third-order valence-corrected chi connectivity index (χ3v) is 2.42. The molecule has 4 heteroatoms. The van der Waals surface area contributed by atoms with E-state index in [2.05, 4.69) is 5.32 Å². The van der Waals surface area contributed by atoms with E-state index in [1.807, 2.05) is 24.3 Å². The second-order valence-electron chi connectivity index (χ2n) is 3.25. The SMILES string of the molecule is COc1ccccc1CNCC(O)CCl. The van der Waals surface area contributed by atoms with Gasteiger partial charge in [-0.1, -0.05) is 18.2 Å². The number of para-hydroxylation sites is 1. The molecule has 3 nitrogen and oxygen atoms in total. The molecule has 1 aromatic carbocycles. The number of ether oxygens (including phenoxy) is 1. The number of aliphatic hydroxyl groups excluding tert-OH is 1. The van der Waals surface area contributed by atoms with Crippen LogP contribution >= 0.6 is 11.6 Å². The van der Waals surface area contributed by atoms with Crippen LogP contribution in [0.25, 0.3) is 0 Å². The van der Waals surface area contributed by atoms with Gasteiger partial charge >= 0.3 is 0 Å². The van der Waals surface area contributed by atoms with Crippen LogP contribution in [0.5, 0.6) is 5.75 Å². The van der Waals surface area contributed by atoms with Gasteiger partial charge in [-0.15, -0.1) is 11.6 Å². The lowest BCUT2D eigenvalue weighted by Crippen LogP contribution is -2.27. The van der Waals surface area contributed by atoms with Crippen LogP contribution in [0.2, 0.25) is 0 Å². The Balaban J connectivity index is 2.43. The first kappa shape index (κ1) is 12.3. The van der Waals surface area contributed by atoms with Gasteiger partial charge in [-0.25, -0.2) is 0 Å². The number of methoxy groups -OCH3 is 1. The Kier molecular flexibility index (Phi) is 5.47. The molecule has 0 spiro atoms. The Bertz CT molecular complexity index is 294. The highest BCUT2D eigenvalue weighted by Gasteiger charge is 2.03. The number of nitrogens with one attached hydrogen (secondary N) is 1. The maximum atomic E-state index is 9.24. The minimum atomic E-state index is -0.499. The van der Waals surface area contributed by atoms with E-state index in [0.29, 0.717) is 13.1 Å². The summed E-state index contributed by atoms with van der Waals surface area (Å²) in [6.07, 6.45) is -0.499. The lowest BCUT2D eigenvalue weighted by atomic mass is 10.2. The molecule has 1 aromatic rings. The monoisotopic (exact) mass is 229 g/mol. The molecule has 1 unspecified atom stereocenters. The van der Waals surface area contributed by atoms with E-state index in [0.717, 1.165) is 11.3 Å². The average Bonchev–Trinajstić information content (AvgIpc) is 2.29. The van der Waals surface area contributed by atoms with Crippen LogP contribution in [0.1, 0.15) is 5.56 Å². The molecule has 0 saturated carbocycles. The highest BCUT2D eigenvalue weighted by molar-refractivity contribution is 6.18. The molecule has 0 saturated heterocycles. The predicted octanol–water partition coefficient (Wildman–Crippen LogP) is 1.38. The zero-order valence-electron chi connectivity index (χ0n) is 8.74. The van der Waals surface area contributed by atoms with E-state index in [1.165, 1.54) is 0 Å². The summed E-state index contributed by atoms with van der Waals surface area (Å²) >= 11 is 5.48. The fourth-order valence-corrected chi connectivity index (χ4v) is 1.39. The molecular formula is C11H16ClNO2. The molecule has 0 aliphatic carbocycles. The summed E-state index contributed by atoms with van der Waals surface area (Å²) in [4.78, 5) is 0. The zero-order chi connectivity index (χ0) is 11.1. The molecule has 1 atom stereocenters. The summed E-state index contributed by atoms with van der Waals surface area (Å²) in [6, 6.07) is 7.78. The van der Waals surface area contributed by atoms with Gasteiger partial charge in [-0.3, -0.25) is 0 Å². The van der Waals surface area contributed by atoms with Crippen molar-refractivity contribution in [2.45, 2.75) is 12.6 Å². The van der Waals surface area contributed by atoms with Crippen LogP contribution in [-0.4, -0.2) is 30.7 Å². The molecule has 84 valence electrons. The number of rotatable bonds is 6. The molecule has 0 fully saturated rings. The van der Waals surface area contributed by atoms with Crippen molar-refractivity contribution in [3.63, 3.8) is 0 Å². The predicted molar refractivity (Wildman–Crippen MR) is 61.4 cm³/mol. The maximum absolute atomic E-state index is 9.24. The number of hydrogen-bond donors (Lipinski definition) is 2. The Morgan fingerprint density at radius 3 is 2.87 bits per heavy atom.